The van der Waals surface area contributed by atoms with Gasteiger partial charge in [0.2, 0.25) is 0 Å². The zero-order valence-corrected chi connectivity index (χ0v) is 12.2. The number of rotatable bonds is 3. The minimum atomic E-state index is 0.0282. The first-order chi connectivity index (χ1) is 8.61. The smallest absolute Gasteiger partial charge is 0.0834 e. The van der Waals surface area contributed by atoms with Gasteiger partial charge in [-0.1, -0.05) is 37.3 Å². The quantitative estimate of drug-likeness (QED) is 0.840. The van der Waals surface area contributed by atoms with E-state index >= 15 is 0 Å². The normalized spacial score (nSPS) is 20.1. The molecule has 1 aromatic rings. The Morgan fingerprint density at radius 2 is 1.89 bits per heavy atom. The highest BCUT2D eigenvalue weighted by Gasteiger charge is 2.26. The van der Waals surface area contributed by atoms with Gasteiger partial charge in [0, 0.05) is 6.04 Å². The van der Waals surface area contributed by atoms with Crippen LogP contribution in [0.25, 0.3) is 0 Å². The molecule has 1 atom stereocenters. The van der Waals surface area contributed by atoms with Crippen molar-refractivity contribution in [2.75, 3.05) is 0 Å². The van der Waals surface area contributed by atoms with E-state index in [0.717, 1.165) is 10.7 Å². The highest BCUT2D eigenvalue weighted by Crippen LogP contribution is 2.35. The fourth-order valence-corrected chi connectivity index (χ4v) is 3.22. The van der Waals surface area contributed by atoms with Gasteiger partial charge in [-0.15, -0.1) is 0 Å². The average molecular weight is 270 g/mol. The van der Waals surface area contributed by atoms with Gasteiger partial charge in [-0.2, -0.15) is 5.10 Å². The lowest BCUT2D eigenvalue weighted by Crippen LogP contribution is -2.25. The Labute approximate surface area is 115 Å². The van der Waals surface area contributed by atoms with Crippen molar-refractivity contribution in [3.63, 3.8) is 0 Å². The van der Waals surface area contributed by atoms with Gasteiger partial charge < -0.3 is 5.73 Å². The van der Waals surface area contributed by atoms with Crippen LogP contribution in [-0.4, -0.2) is 9.78 Å². The molecule has 2 N–H and O–H groups in total. The van der Waals surface area contributed by atoms with Crippen LogP contribution in [0.1, 0.15) is 70.2 Å². The molecule has 4 heteroatoms. The van der Waals surface area contributed by atoms with Crippen molar-refractivity contribution in [3.05, 3.63) is 16.9 Å². The summed E-state index contributed by atoms with van der Waals surface area (Å²) >= 11 is 6.28. The van der Waals surface area contributed by atoms with E-state index in [9.17, 15) is 0 Å². The summed E-state index contributed by atoms with van der Waals surface area (Å²) in [6, 6.07) is 0.338. The predicted molar refractivity (Wildman–Crippen MR) is 75.7 cm³/mol. The summed E-state index contributed by atoms with van der Waals surface area (Å²) in [7, 11) is 0. The maximum atomic E-state index is 6.48. The lowest BCUT2D eigenvalue weighted by Gasteiger charge is -2.24. The number of hydrogen-bond acceptors (Lipinski definition) is 2. The van der Waals surface area contributed by atoms with Crippen LogP contribution >= 0.6 is 11.6 Å². The third-order valence-electron chi connectivity index (χ3n) is 4.00. The molecule has 18 heavy (non-hydrogen) atoms. The second-order valence-corrected chi connectivity index (χ2v) is 6.10. The van der Waals surface area contributed by atoms with E-state index in [4.69, 9.17) is 17.3 Å². The Kier molecular flexibility index (Phi) is 4.68. The van der Waals surface area contributed by atoms with Crippen LogP contribution in [0.3, 0.4) is 0 Å². The zero-order chi connectivity index (χ0) is 13.1. The van der Waals surface area contributed by atoms with Gasteiger partial charge in [0.15, 0.2) is 0 Å². The molecule has 0 aromatic carbocycles. The summed E-state index contributed by atoms with van der Waals surface area (Å²) in [5.41, 5.74) is 7.50. The van der Waals surface area contributed by atoms with Crippen molar-refractivity contribution in [2.24, 2.45) is 11.7 Å². The van der Waals surface area contributed by atoms with Crippen molar-refractivity contribution in [3.8, 4) is 0 Å². The largest absolute Gasteiger partial charge is 0.322 e. The van der Waals surface area contributed by atoms with E-state index in [0.29, 0.717) is 12.0 Å². The summed E-state index contributed by atoms with van der Waals surface area (Å²) in [5, 5.41) is 5.08. The van der Waals surface area contributed by atoms with E-state index < -0.39 is 0 Å². The molecular formula is C14H24ClN3. The zero-order valence-electron chi connectivity index (χ0n) is 11.4. The SMILES string of the molecule is CC(C)n1ncc(Cl)c1C(N)C1CCCCCC1. The van der Waals surface area contributed by atoms with Crippen LogP contribution in [0, 0.1) is 5.92 Å². The summed E-state index contributed by atoms with van der Waals surface area (Å²) in [4.78, 5) is 0. The second kappa shape index (κ2) is 6.07. The van der Waals surface area contributed by atoms with E-state index in [2.05, 4.69) is 18.9 Å². The number of hydrogen-bond donors (Lipinski definition) is 1. The van der Waals surface area contributed by atoms with Crippen LogP contribution in [0.5, 0.6) is 0 Å². The molecule has 0 bridgehead atoms. The van der Waals surface area contributed by atoms with Crippen molar-refractivity contribution in [1.29, 1.82) is 0 Å². The minimum Gasteiger partial charge on any atom is -0.322 e. The minimum absolute atomic E-state index is 0.0282. The Morgan fingerprint density at radius 3 is 2.44 bits per heavy atom. The highest BCUT2D eigenvalue weighted by atomic mass is 35.5. The van der Waals surface area contributed by atoms with Crippen LogP contribution in [0.15, 0.2) is 6.20 Å². The fraction of sp³-hybridized carbons (Fsp3) is 0.786. The number of halogens is 1. The van der Waals surface area contributed by atoms with Crippen LogP contribution < -0.4 is 5.73 Å². The summed E-state index contributed by atoms with van der Waals surface area (Å²) in [5.74, 6) is 0.555. The Hall–Kier alpha value is -0.540. The molecule has 1 unspecified atom stereocenters. The molecule has 3 nitrogen and oxygen atoms in total. The molecular weight excluding hydrogens is 246 g/mol. The van der Waals surface area contributed by atoms with Crippen LogP contribution in [0.2, 0.25) is 5.02 Å². The van der Waals surface area contributed by atoms with Crippen LogP contribution in [-0.2, 0) is 0 Å². The van der Waals surface area contributed by atoms with Gasteiger partial charge in [0.05, 0.1) is 23.0 Å². The van der Waals surface area contributed by atoms with Gasteiger partial charge in [-0.25, -0.2) is 0 Å². The topological polar surface area (TPSA) is 43.8 Å². The maximum absolute atomic E-state index is 6.48. The molecule has 1 fully saturated rings. The molecule has 0 aliphatic heterocycles. The van der Waals surface area contributed by atoms with Crippen molar-refractivity contribution >= 4 is 11.6 Å². The molecule has 1 heterocycles. The number of nitrogens with zero attached hydrogens (tertiary/aromatic N) is 2. The van der Waals surface area contributed by atoms with Gasteiger partial charge >= 0.3 is 0 Å². The average Bonchev–Trinajstić information content (AvgIpc) is 2.56. The van der Waals surface area contributed by atoms with Gasteiger partial charge in [0.1, 0.15) is 0 Å². The molecule has 0 radical (unpaired) electrons. The lowest BCUT2D eigenvalue weighted by atomic mass is 9.90. The maximum Gasteiger partial charge on any atom is 0.0834 e. The number of nitrogens with two attached hydrogens (primary N) is 1. The summed E-state index contributed by atoms with van der Waals surface area (Å²) < 4.78 is 1.98. The first-order valence-corrected chi connectivity index (χ1v) is 7.47. The third-order valence-corrected chi connectivity index (χ3v) is 4.29. The molecule has 0 spiro atoms. The van der Waals surface area contributed by atoms with Crippen molar-refractivity contribution in [1.82, 2.24) is 9.78 Å². The van der Waals surface area contributed by atoms with E-state index in [1.807, 2.05) is 4.68 Å². The fourth-order valence-electron chi connectivity index (χ4n) is 2.97. The van der Waals surface area contributed by atoms with Gasteiger partial charge in [-0.3, -0.25) is 4.68 Å². The predicted octanol–water partition coefficient (Wildman–Crippen LogP) is 4.09. The summed E-state index contributed by atoms with van der Waals surface area (Å²) in [6.45, 7) is 4.24. The highest BCUT2D eigenvalue weighted by molar-refractivity contribution is 6.31. The molecule has 0 saturated heterocycles. The Balaban J connectivity index is 2.21. The Morgan fingerprint density at radius 1 is 1.28 bits per heavy atom. The van der Waals surface area contributed by atoms with Crippen molar-refractivity contribution < 1.29 is 0 Å². The molecule has 2 rings (SSSR count). The molecule has 1 saturated carbocycles. The second-order valence-electron chi connectivity index (χ2n) is 5.69. The first-order valence-electron chi connectivity index (χ1n) is 7.09. The summed E-state index contributed by atoms with van der Waals surface area (Å²) in [6.07, 6.45) is 9.47. The third kappa shape index (κ3) is 2.89. The van der Waals surface area contributed by atoms with Gasteiger partial charge in [-0.05, 0) is 32.6 Å². The van der Waals surface area contributed by atoms with Crippen molar-refractivity contribution in [2.45, 2.75) is 64.5 Å². The molecule has 1 aromatic heterocycles. The Bertz CT molecular complexity index is 378. The molecule has 1 aliphatic carbocycles. The monoisotopic (exact) mass is 269 g/mol. The molecule has 102 valence electrons. The van der Waals surface area contributed by atoms with E-state index in [1.165, 1.54) is 38.5 Å². The van der Waals surface area contributed by atoms with E-state index in [1.54, 1.807) is 6.20 Å². The molecule has 1 aliphatic rings. The lowest BCUT2D eigenvalue weighted by molar-refractivity contribution is 0.355. The number of aromatic nitrogens is 2. The standard InChI is InChI=1S/C14H24ClN3/c1-10(2)18-14(12(15)9-17-18)13(16)11-7-5-3-4-6-8-11/h9-11,13H,3-8,16H2,1-2H3. The van der Waals surface area contributed by atoms with Crippen LogP contribution in [0.4, 0.5) is 0 Å². The van der Waals surface area contributed by atoms with Gasteiger partial charge in [0.25, 0.3) is 0 Å². The first kappa shape index (κ1) is 13.9. The van der Waals surface area contributed by atoms with E-state index in [-0.39, 0.29) is 6.04 Å². The molecule has 0 amide bonds.